The van der Waals surface area contributed by atoms with Gasteiger partial charge in [0.05, 0.1) is 25.6 Å². The van der Waals surface area contributed by atoms with Crippen LogP contribution < -0.4 is 9.47 Å². The van der Waals surface area contributed by atoms with E-state index in [0.717, 1.165) is 16.9 Å². The minimum Gasteiger partial charge on any atom is -0.493 e. The number of hydrogen-bond donors (Lipinski definition) is 0. The van der Waals surface area contributed by atoms with Crippen LogP contribution in [0.15, 0.2) is 53.2 Å². The summed E-state index contributed by atoms with van der Waals surface area (Å²) in [7, 11) is 3.22. The zero-order chi connectivity index (χ0) is 23.6. The first-order valence-corrected chi connectivity index (χ1v) is 12.7. The highest BCUT2D eigenvalue weighted by Gasteiger charge is 2.23. The van der Waals surface area contributed by atoms with E-state index < -0.39 is 0 Å². The Morgan fingerprint density at radius 2 is 1.67 bits per heavy atom. The van der Waals surface area contributed by atoms with Crippen LogP contribution in [0.25, 0.3) is 0 Å². The monoisotopic (exact) mass is 486 g/mol. The molecule has 8 heteroatoms. The molecule has 0 aliphatic rings. The molecule has 2 heterocycles. The fourth-order valence-corrected chi connectivity index (χ4v) is 4.93. The van der Waals surface area contributed by atoms with Gasteiger partial charge in [-0.1, -0.05) is 25.1 Å². The van der Waals surface area contributed by atoms with Gasteiger partial charge >= 0.3 is 0 Å². The fraction of sp³-hybridized carbons (Fsp3) is 0.360. The molecule has 2 aromatic heterocycles. The Morgan fingerprint density at radius 3 is 2.30 bits per heavy atom. The second kappa shape index (κ2) is 12.4. The molecule has 0 bridgehead atoms. The molecule has 0 saturated carbocycles. The predicted molar refractivity (Wildman–Crippen MR) is 133 cm³/mol. The Bertz CT molecular complexity index is 1020. The van der Waals surface area contributed by atoms with E-state index in [1.165, 1.54) is 11.3 Å². The van der Waals surface area contributed by atoms with E-state index in [0.29, 0.717) is 42.4 Å². The molecule has 0 N–H and O–H groups in total. The fourth-order valence-electron chi connectivity index (χ4n) is 3.52. The smallest absolute Gasteiger partial charge is 0.264 e. The maximum atomic E-state index is 13.4. The van der Waals surface area contributed by atoms with Crippen molar-refractivity contribution >= 4 is 34.5 Å². The van der Waals surface area contributed by atoms with Crippen molar-refractivity contribution < 1.29 is 19.1 Å². The van der Waals surface area contributed by atoms with Crippen LogP contribution in [0.4, 0.5) is 0 Å². The second-order valence-electron chi connectivity index (χ2n) is 7.54. The Labute approximate surface area is 203 Å². The number of benzene rings is 1. The number of nitrogens with zero attached hydrogens (tertiary/aromatic N) is 2. The second-order valence-corrected chi connectivity index (χ2v) is 9.52. The Kier molecular flexibility index (Phi) is 9.33. The third-order valence-corrected chi connectivity index (χ3v) is 6.96. The normalized spacial score (nSPS) is 10.6. The maximum Gasteiger partial charge on any atom is 0.264 e. The molecule has 0 atom stereocenters. The topological polar surface area (TPSA) is 59.1 Å². The summed E-state index contributed by atoms with van der Waals surface area (Å²) in [5.41, 5.74) is 1.05. The van der Waals surface area contributed by atoms with Crippen LogP contribution in [-0.4, -0.2) is 55.5 Å². The van der Waals surface area contributed by atoms with Gasteiger partial charge in [0.25, 0.3) is 5.91 Å². The number of methoxy groups -OCH3 is 2. The summed E-state index contributed by atoms with van der Waals surface area (Å²) in [6, 6.07) is 13.5. The van der Waals surface area contributed by atoms with Gasteiger partial charge < -0.3 is 19.3 Å². The molecule has 0 unspecified atom stereocenters. The van der Waals surface area contributed by atoms with Crippen LogP contribution >= 0.6 is 22.7 Å². The lowest BCUT2D eigenvalue weighted by atomic mass is 10.1. The predicted octanol–water partition coefficient (Wildman–Crippen LogP) is 4.95. The summed E-state index contributed by atoms with van der Waals surface area (Å²) in [5, 5.41) is 3.89. The summed E-state index contributed by atoms with van der Waals surface area (Å²) >= 11 is 3.03. The SMILES string of the molecule is CCCN(CC(=O)N(CCc1ccc(OC)c(OC)c1)Cc1cccs1)C(=O)c1cccs1. The zero-order valence-electron chi connectivity index (χ0n) is 19.3. The molecule has 3 rings (SSSR count). The van der Waals surface area contributed by atoms with Gasteiger partial charge in [-0.2, -0.15) is 0 Å². The van der Waals surface area contributed by atoms with E-state index in [2.05, 4.69) is 0 Å². The summed E-state index contributed by atoms with van der Waals surface area (Å²) in [6.45, 7) is 3.70. The molecule has 33 heavy (non-hydrogen) atoms. The molecule has 0 spiro atoms. The first-order chi connectivity index (χ1) is 16.0. The van der Waals surface area contributed by atoms with E-state index in [9.17, 15) is 9.59 Å². The highest BCUT2D eigenvalue weighted by atomic mass is 32.1. The van der Waals surface area contributed by atoms with Crippen molar-refractivity contribution in [1.82, 2.24) is 9.80 Å². The van der Waals surface area contributed by atoms with Crippen molar-refractivity contribution in [2.45, 2.75) is 26.3 Å². The molecule has 0 aliphatic heterocycles. The van der Waals surface area contributed by atoms with E-state index in [1.54, 1.807) is 36.5 Å². The van der Waals surface area contributed by atoms with Crippen LogP contribution in [-0.2, 0) is 17.8 Å². The lowest BCUT2D eigenvalue weighted by Gasteiger charge is -2.27. The summed E-state index contributed by atoms with van der Waals surface area (Å²) < 4.78 is 10.7. The number of hydrogen-bond acceptors (Lipinski definition) is 6. The van der Waals surface area contributed by atoms with Gasteiger partial charge in [0.1, 0.15) is 6.54 Å². The third kappa shape index (κ3) is 6.82. The van der Waals surface area contributed by atoms with Gasteiger partial charge in [-0.25, -0.2) is 0 Å². The van der Waals surface area contributed by atoms with Crippen LogP contribution in [0.3, 0.4) is 0 Å². The molecule has 0 aliphatic carbocycles. The number of carbonyl (C=O) groups excluding carboxylic acids is 2. The molecular formula is C25H30N2O4S2. The first kappa shape index (κ1) is 24.8. The number of rotatable bonds is 12. The molecule has 1 aromatic carbocycles. The molecule has 0 saturated heterocycles. The zero-order valence-corrected chi connectivity index (χ0v) is 20.9. The van der Waals surface area contributed by atoms with Crippen molar-refractivity contribution in [2.24, 2.45) is 0 Å². The van der Waals surface area contributed by atoms with Crippen molar-refractivity contribution in [2.75, 3.05) is 33.9 Å². The molecular weight excluding hydrogens is 456 g/mol. The van der Waals surface area contributed by atoms with Crippen molar-refractivity contribution in [3.8, 4) is 11.5 Å². The number of ether oxygens (including phenoxy) is 2. The molecule has 0 radical (unpaired) electrons. The Balaban J connectivity index is 1.73. The molecule has 6 nitrogen and oxygen atoms in total. The minimum atomic E-state index is -0.0869. The van der Waals surface area contributed by atoms with Crippen molar-refractivity contribution in [3.63, 3.8) is 0 Å². The van der Waals surface area contributed by atoms with Crippen molar-refractivity contribution in [3.05, 3.63) is 68.5 Å². The number of thiophene rings is 2. The van der Waals surface area contributed by atoms with Gasteiger partial charge in [0, 0.05) is 18.0 Å². The van der Waals surface area contributed by atoms with Gasteiger partial charge in [0.2, 0.25) is 5.91 Å². The summed E-state index contributed by atoms with van der Waals surface area (Å²) in [6.07, 6.45) is 1.46. The van der Waals surface area contributed by atoms with Crippen LogP contribution in [0, 0.1) is 0 Å². The average Bonchev–Trinajstić information content (AvgIpc) is 3.55. The Hall–Kier alpha value is -2.84. The average molecular weight is 487 g/mol. The van der Waals surface area contributed by atoms with E-state index in [-0.39, 0.29) is 18.4 Å². The number of amides is 2. The van der Waals surface area contributed by atoms with Crippen LogP contribution in [0.5, 0.6) is 11.5 Å². The van der Waals surface area contributed by atoms with E-state index >= 15 is 0 Å². The lowest BCUT2D eigenvalue weighted by Crippen LogP contribution is -2.43. The highest BCUT2D eigenvalue weighted by Crippen LogP contribution is 2.28. The molecule has 0 fully saturated rings. The van der Waals surface area contributed by atoms with Gasteiger partial charge in [-0.05, 0) is 53.4 Å². The number of carbonyl (C=O) groups is 2. The minimum absolute atomic E-state index is 0.0535. The Morgan fingerprint density at radius 1 is 0.909 bits per heavy atom. The third-order valence-electron chi connectivity index (χ3n) is 5.24. The maximum absolute atomic E-state index is 13.4. The van der Waals surface area contributed by atoms with Gasteiger partial charge in [0.15, 0.2) is 11.5 Å². The molecule has 2 amide bonds. The largest absolute Gasteiger partial charge is 0.493 e. The molecule has 3 aromatic rings. The highest BCUT2D eigenvalue weighted by molar-refractivity contribution is 7.12. The standard InChI is InChI=1S/C25H30N2O4S2/c1-4-12-27(25(29)23-8-6-15-33-23)18-24(28)26(17-20-7-5-14-32-20)13-11-19-9-10-21(30-2)22(16-19)31-3/h5-10,14-16H,4,11-13,17-18H2,1-3H3. The van der Waals surface area contributed by atoms with Gasteiger partial charge in [-0.15, -0.1) is 22.7 Å². The first-order valence-electron chi connectivity index (χ1n) is 10.9. The lowest BCUT2D eigenvalue weighted by molar-refractivity contribution is -0.132. The van der Waals surface area contributed by atoms with Crippen LogP contribution in [0.2, 0.25) is 0 Å². The summed E-state index contributed by atoms with van der Waals surface area (Å²) in [4.78, 5) is 31.6. The van der Waals surface area contributed by atoms with Crippen LogP contribution in [0.1, 0.15) is 33.5 Å². The van der Waals surface area contributed by atoms with E-state index in [1.807, 2.05) is 59.0 Å². The van der Waals surface area contributed by atoms with Crippen molar-refractivity contribution in [1.29, 1.82) is 0 Å². The van der Waals surface area contributed by atoms with Gasteiger partial charge in [-0.3, -0.25) is 9.59 Å². The molecule has 176 valence electrons. The summed E-state index contributed by atoms with van der Waals surface area (Å²) in [5.74, 6) is 1.20. The quantitative estimate of drug-likeness (QED) is 0.363. The van der Waals surface area contributed by atoms with E-state index in [4.69, 9.17) is 9.47 Å².